The number of rotatable bonds is 9. The number of hydrogen-bond acceptors (Lipinski definition) is 8. The number of tetrazole rings is 1. The molecule has 1 aliphatic heterocycles. The summed E-state index contributed by atoms with van der Waals surface area (Å²) in [5.74, 6) is 0.573. The third-order valence-corrected chi connectivity index (χ3v) is 7.31. The molecule has 0 aliphatic carbocycles. The Kier molecular flexibility index (Phi) is 8.70. The number of likely N-dealkylation sites (N-methyl/N-ethyl adjacent to an activating group) is 1. The zero-order valence-corrected chi connectivity index (χ0v) is 21.4. The minimum Gasteiger partial charge on any atom is -0.410 e. The van der Waals surface area contributed by atoms with Crippen LogP contribution < -0.4 is 4.74 Å². The number of likely N-dealkylation sites (tertiary alicyclic amines) is 1. The molecule has 0 unspecified atom stereocenters. The van der Waals surface area contributed by atoms with E-state index < -0.39 is 0 Å². The first-order chi connectivity index (χ1) is 17.0. The van der Waals surface area contributed by atoms with Crippen LogP contribution in [0.5, 0.6) is 5.75 Å². The van der Waals surface area contributed by atoms with E-state index >= 15 is 0 Å². The Morgan fingerprint density at radius 2 is 1.89 bits per heavy atom. The molecule has 0 radical (unpaired) electrons. The van der Waals surface area contributed by atoms with Crippen LogP contribution in [0.4, 0.5) is 4.79 Å². The van der Waals surface area contributed by atoms with E-state index in [4.69, 9.17) is 4.74 Å². The SMILES string of the molecule is Cc1ccc(CCc2ccc(OC(=O)N3CCC(Sc4nnnn4CCN(C)C)CC3)cc2)nc1. The lowest BCUT2D eigenvalue weighted by Gasteiger charge is -2.30. The standard InChI is InChI=1S/C25H33N7O2S/c1-19-4-8-21(26-18-19)9-5-20-6-10-22(11-7-20)34-25(33)31-14-12-23(13-15-31)35-24-27-28-29-32(24)17-16-30(2)3/h4,6-8,10-11,18,23H,5,9,12-17H2,1-3H3. The summed E-state index contributed by atoms with van der Waals surface area (Å²) in [5.41, 5.74) is 3.44. The highest BCUT2D eigenvalue weighted by Crippen LogP contribution is 2.29. The zero-order chi connectivity index (χ0) is 24.6. The highest BCUT2D eigenvalue weighted by atomic mass is 32.2. The average Bonchev–Trinajstić information content (AvgIpc) is 3.30. The maximum absolute atomic E-state index is 12.7. The van der Waals surface area contributed by atoms with E-state index in [1.807, 2.05) is 56.2 Å². The summed E-state index contributed by atoms with van der Waals surface area (Å²) in [6, 6.07) is 11.9. The van der Waals surface area contributed by atoms with Crippen molar-refractivity contribution in [3.05, 3.63) is 59.4 Å². The van der Waals surface area contributed by atoms with Gasteiger partial charge in [0, 0.05) is 36.8 Å². The van der Waals surface area contributed by atoms with E-state index in [9.17, 15) is 4.79 Å². The number of hydrogen-bond donors (Lipinski definition) is 0. The summed E-state index contributed by atoms with van der Waals surface area (Å²) >= 11 is 1.70. The monoisotopic (exact) mass is 495 g/mol. The molecule has 0 bridgehead atoms. The third-order valence-electron chi connectivity index (χ3n) is 6.00. The van der Waals surface area contributed by atoms with E-state index in [0.717, 1.165) is 49.6 Å². The van der Waals surface area contributed by atoms with Crippen LogP contribution in [0.25, 0.3) is 0 Å². The van der Waals surface area contributed by atoms with Crippen molar-refractivity contribution >= 4 is 17.9 Å². The summed E-state index contributed by atoms with van der Waals surface area (Å²) in [6.07, 6.45) is 5.15. The lowest BCUT2D eigenvalue weighted by Crippen LogP contribution is -2.41. The lowest BCUT2D eigenvalue weighted by molar-refractivity contribution is 0.143. The van der Waals surface area contributed by atoms with Crippen LogP contribution in [-0.2, 0) is 19.4 Å². The smallest absolute Gasteiger partial charge is 0.410 e. The number of ether oxygens (including phenoxy) is 1. The number of pyridine rings is 1. The van der Waals surface area contributed by atoms with Crippen molar-refractivity contribution in [1.82, 2.24) is 35.0 Å². The van der Waals surface area contributed by atoms with E-state index in [1.54, 1.807) is 16.7 Å². The van der Waals surface area contributed by atoms with Crippen molar-refractivity contribution in [1.29, 1.82) is 0 Å². The van der Waals surface area contributed by atoms with Crippen LogP contribution in [0.3, 0.4) is 0 Å². The summed E-state index contributed by atoms with van der Waals surface area (Å²) in [6.45, 7) is 5.01. The van der Waals surface area contributed by atoms with Gasteiger partial charge >= 0.3 is 6.09 Å². The van der Waals surface area contributed by atoms with Crippen molar-refractivity contribution in [2.45, 2.75) is 49.6 Å². The first-order valence-corrected chi connectivity index (χ1v) is 12.9. The van der Waals surface area contributed by atoms with Crippen molar-refractivity contribution in [3.63, 3.8) is 0 Å². The number of carbonyl (C=O) groups is 1. The maximum atomic E-state index is 12.7. The number of carbonyl (C=O) groups excluding carboxylic acids is 1. The molecule has 9 nitrogen and oxygen atoms in total. The van der Waals surface area contributed by atoms with Gasteiger partial charge in [-0.3, -0.25) is 4.98 Å². The second-order valence-corrected chi connectivity index (χ2v) is 10.4. The van der Waals surface area contributed by atoms with Crippen molar-refractivity contribution in [3.8, 4) is 5.75 Å². The van der Waals surface area contributed by atoms with Crippen molar-refractivity contribution in [2.75, 3.05) is 33.7 Å². The number of aryl methyl sites for hydroxylation is 3. The van der Waals surface area contributed by atoms with Crippen molar-refractivity contribution < 1.29 is 9.53 Å². The number of aromatic nitrogens is 5. The van der Waals surface area contributed by atoms with Crippen LogP contribution in [0.1, 0.15) is 29.7 Å². The molecule has 186 valence electrons. The number of benzene rings is 1. The maximum Gasteiger partial charge on any atom is 0.415 e. The number of amides is 1. The molecule has 1 fully saturated rings. The molecule has 4 rings (SSSR count). The van der Waals surface area contributed by atoms with Gasteiger partial charge < -0.3 is 14.5 Å². The van der Waals surface area contributed by atoms with E-state index in [-0.39, 0.29) is 6.09 Å². The second kappa shape index (κ2) is 12.1. The summed E-state index contributed by atoms with van der Waals surface area (Å²) in [5, 5.41) is 13.3. The van der Waals surface area contributed by atoms with Gasteiger partial charge in [0.15, 0.2) is 0 Å². The Labute approximate surface area is 210 Å². The Hall–Kier alpha value is -2.98. The van der Waals surface area contributed by atoms with Gasteiger partial charge in [-0.2, -0.15) is 0 Å². The number of thioether (sulfide) groups is 1. The molecule has 3 heterocycles. The van der Waals surface area contributed by atoms with Gasteiger partial charge in [0.25, 0.3) is 0 Å². The second-order valence-electron chi connectivity index (χ2n) is 9.13. The van der Waals surface area contributed by atoms with Crippen LogP contribution >= 0.6 is 11.8 Å². The van der Waals surface area contributed by atoms with Crippen LogP contribution in [0.15, 0.2) is 47.8 Å². The average molecular weight is 496 g/mol. The molecule has 3 aromatic rings. The Morgan fingerprint density at radius 3 is 2.57 bits per heavy atom. The topological polar surface area (TPSA) is 89.3 Å². The van der Waals surface area contributed by atoms with Crippen LogP contribution in [-0.4, -0.2) is 80.1 Å². The molecule has 1 aliphatic rings. The Morgan fingerprint density at radius 1 is 1.11 bits per heavy atom. The van der Waals surface area contributed by atoms with Crippen LogP contribution in [0.2, 0.25) is 0 Å². The van der Waals surface area contributed by atoms with E-state index in [1.165, 1.54) is 11.1 Å². The van der Waals surface area contributed by atoms with Gasteiger partial charge in [0.2, 0.25) is 5.16 Å². The predicted molar refractivity (Wildman–Crippen MR) is 136 cm³/mol. The molecular formula is C25H33N7O2S. The van der Waals surface area contributed by atoms with Gasteiger partial charge in [-0.15, -0.1) is 5.10 Å². The molecule has 2 aromatic heterocycles. The lowest BCUT2D eigenvalue weighted by atomic mass is 10.1. The minimum absolute atomic E-state index is 0.291. The zero-order valence-electron chi connectivity index (χ0n) is 20.6. The molecule has 1 amide bonds. The molecule has 0 spiro atoms. The summed E-state index contributed by atoms with van der Waals surface area (Å²) < 4.78 is 7.48. The highest BCUT2D eigenvalue weighted by Gasteiger charge is 2.26. The minimum atomic E-state index is -0.291. The molecule has 1 saturated heterocycles. The molecule has 0 saturated carbocycles. The van der Waals surface area contributed by atoms with Gasteiger partial charge in [0.05, 0.1) is 6.54 Å². The van der Waals surface area contributed by atoms with Crippen molar-refractivity contribution in [2.24, 2.45) is 0 Å². The van der Waals surface area contributed by atoms with Gasteiger partial charge in [-0.25, -0.2) is 9.48 Å². The molecule has 1 aromatic carbocycles. The van der Waals surface area contributed by atoms with Gasteiger partial charge in [-0.05, 0) is 86.5 Å². The molecule has 10 heteroatoms. The van der Waals surface area contributed by atoms with Gasteiger partial charge in [0.1, 0.15) is 5.75 Å². The third kappa shape index (κ3) is 7.50. The number of piperidine rings is 1. The van der Waals surface area contributed by atoms with E-state index in [2.05, 4.69) is 37.5 Å². The Bertz CT molecular complexity index is 1080. The van der Waals surface area contributed by atoms with Gasteiger partial charge in [-0.1, -0.05) is 30.0 Å². The Balaban J connectivity index is 1.20. The highest BCUT2D eigenvalue weighted by molar-refractivity contribution is 7.99. The molecule has 0 atom stereocenters. The van der Waals surface area contributed by atoms with Crippen LogP contribution in [0, 0.1) is 6.92 Å². The fraction of sp³-hybridized carbons (Fsp3) is 0.480. The molecule has 35 heavy (non-hydrogen) atoms. The first-order valence-electron chi connectivity index (χ1n) is 12.0. The molecule has 0 N–H and O–H groups in total. The quantitative estimate of drug-likeness (QED) is 0.446. The van der Waals surface area contributed by atoms with E-state index in [0.29, 0.717) is 24.1 Å². The fourth-order valence-electron chi connectivity index (χ4n) is 3.83. The first kappa shape index (κ1) is 25.1. The molecular weight excluding hydrogens is 462 g/mol. The fourth-order valence-corrected chi connectivity index (χ4v) is 4.91. The normalized spacial score (nSPS) is 14.5. The number of nitrogens with zero attached hydrogens (tertiary/aromatic N) is 7. The summed E-state index contributed by atoms with van der Waals surface area (Å²) in [7, 11) is 4.06. The summed E-state index contributed by atoms with van der Waals surface area (Å²) in [4.78, 5) is 21.0. The largest absolute Gasteiger partial charge is 0.415 e. The predicted octanol–water partition coefficient (Wildman–Crippen LogP) is 3.48.